The molecule has 0 bridgehead atoms. The van der Waals surface area contributed by atoms with Crippen molar-refractivity contribution in [2.24, 2.45) is 0 Å². The number of hydrogen-bond donors (Lipinski definition) is 2. The van der Waals surface area contributed by atoms with Gasteiger partial charge >= 0.3 is 0 Å². The molecule has 1 saturated carbocycles. The van der Waals surface area contributed by atoms with Crippen molar-refractivity contribution < 1.29 is 29.2 Å². The Morgan fingerprint density at radius 3 is 1.22 bits per heavy atom. The maximum atomic E-state index is 10.1. The summed E-state index contributed by atoms with van der Waals surface area (Å²) in [6.45, 7) is 7.11. The van der Waals surface area contributed by atoms with Gasteiger partial charge in [-0.05, 0) is 27.7 Å². The average molecular weight is 260 g/mol. The Hall–Kier alpha value is -0.240. The van der Waals surface area contributed by atoms with Crippen molar-refractivity contribution >= 4 is 0 Å². The SMILES string of the molecule is CC1(C)O[C@H]2[C@@H]3OC(C)(C)O[C@@H]3[C@@H](O)[C@@H](O)[C@H]2O1. The van der Waals surface area contributed by atoms with Crippen LogP contribution in [0, 0.1) is 0 Å². The first-order chi connectivity index (χ1) is 8.20. The van der Waals surface area contributed by atoms with Crippen LogP contribution in [0.15, 0.2) is 0 Å². The van der Waals surface area contributed by atoms with Crippen LogP contribution in [0.1, 0.15) is 27.7 Å². The van der Waals surface area contributed by atoms with E-state index in [1.165, 1.54) is 0 Å². The summed E-state index contributed by atoms with van der Waals surface area (Å²) < 4.78 is 22.8. The van der Waals surface area contributed by atoms with Gasteiger partial charge in [-0.3, -0.25) is 0 Å². The van der Waals surface area contributed by atoms with E-state index in [-0.39, 0.29) is 0 Å². The molecule has 0 amide bonds. The zero-order valence-electron chi connectivity index (χ0n) is 11.0. The lowest BCUT2D eigenvalue weighted by atomic mass is 9.85. The van der Waals surface area contributed by atoms with Gasteiger partial charge in [-0.15, -0.1) is 0 Å². The van der Waals surface area contributed by atoms with Crippen molar-refractivity contribution in [1.82, 2.24) is 0 Å². The highest BCUT2D eigenvalue weighted by Gasteiger charge is 2.62. The fourth-order valence-corrected chi connectivity index (χ4v) is 3.06. The molecule has 104 valence electrons. The molecule has 2 aliphatic heterocycles. The molecule has 0 aromatic carbocycles. The predicted octanol–water partition coefficient (Wildman–Crippen LogP) is -0.238. The monoisotopic (exact) mass is 260 g/mol. The Bertz CT molecular complexity index is 320. The van der Waals surface area contributed by atoms with Crippen molar-refractivity contribution in [1.29, 1.82) is 0 Å². The molecular weight excluding hydrogens is 240 g/mol. The minimum Gasteiger partial charge on any atom is -0.387 e. The van der Waals surface area contributed by atoms with Gasteiger partial charge in [0.2, 0.25) is 0 Å². The first-order valence-electron chi connectivity index (χ1n) is 6.28. The lowest BCUT2D eigenvalue weighted by Gasteiger charge is -2.38. The molecule has 2 N–H and O–H groups in total. The van der Waals surface area contributed by atoms with E-state index >= 15 is 0 Å². The van der Waals surface area contributed by atoms with Crippen LogP contribution < -0.4 is 0 Å². The molecular formula is C12H20O6. The summed E-state index contributed by atoms with van der Waals surface area (Å²) in [7, 11) is 0. The van der Waals surface area contributed by atoms with Crippen LogP contribution in [0.5, 0.6) is 0 Å². The Kier molecular flexibility index (Phi) is 2.59. The first-order valence-corrected chi connectivity index (χ1v) is 6.28. The van der Waals surface area contributed by atoms with E-state index in [1.807, 2.05) is 0 Å². The smallest absolute Gasteiger partial charge is 0.164 e. The fraction of sp³-hybridized carbons (Fsp3) is 1.00. The number of ether oxygens (including phenoxy) is 4. The topological polar surface area (TPSA) is 77.4 Å². The summed E-state index contributed by atoms with van der Waals surface area (Å²) in [5, 5.41) is 20.2. The second-order valence-electron chi connectivity index (χ2n) is 6.11. The van der Waals surface area contributed by atoms with Gasteiger partial charge in [0.15, 0.2) is 11.6 Å². The predicted molar refractivity (Wildman–Crippen MR) is 59.7 cm³/mol. The lowest BCUT2D eigenvalue weighted by molar-refractivity contribution is -0.185. The second kappa shape index (κ2) is 3.65. The van der Waals surface area contributed by atoms with Gasteiger partial charge in [-0.2, -0.15) is 0 Å². The van der Waals surface area contributed by atoms with Gasteiger partial charge in [0.1, 0.15) is 36.6 Å². The van der Waals surface area contributed by atoms with Crippen molar-refractivity contribution in [2.75, 3.05) is 0 Å². The van der Waals surface area contributed by atoms with Crippen LogP contribution in [0.3, 0.4) is 0 Å². The zero-order chi connectivity index (χ0) is 13.3. The number of hydrogen-bond acceptors (Lipinski definition) is 6. The molecule has 0 unspecified atom stereocenters. The van der Waals surface area contributed by atoms with Crippen molar-refractivity contribution in [2.45, 2.75) is 75.9 Å². The molecule has 18 heavy (non-hydrogen) atoms. The maximum Gasteiger partial charge on any atom is 0.164 e. The molecule has 3 fully saturated rings. The zero-order valence-corrected chi connectivity index (χ0v) is 11.0. The first kappa shape index (κ1) is 12.8. The third-order valence-corrected chi connectivity index (χ3v) is 3.67. The molecule has 0 aromatic rings. The van der Waals surface area contributed by atoms with E-state index in [0.29, 0.717) is 0 Å². The van der Waals surface area contributed by atoms with Gasteiger partial charge in [0, 0.05) is 0 Å². The molecule has 6 heteroatoms. The van der Waals surface area contributed by atoms with Gasteiger partial charge in [-0.25, -0.2) is 0 Å². The Labute approximate surface area is 106 Å². The van der Waals surface area contributed by atoms with Crippen LogP contribution >= 0.6 is 0 Å². The molecule has 0 radical (unpaired) electrons. The molecule has 0 aromatic heterocycles. The van der Waals surface area contributed by atoms with Crippen molar-refractivity contribution in [3.8, 4) is 0 Å². The van der Waals surface area contributed by atoms with Crippen LogP contribution in [0.4, 0.5) is 0 Å². The molecule has 3 aliphatic rings. The molecule has 2 heterocycles. The van der Waals surface area contributed by atoms with E-state index in [4.69, 9.17) is 18.9 Å². The summed E-state index contributed by atoms with van der Waals surface area (Å²) in [5.41, 5.74) is 0. The van der Waals surface area contributed by atoms with E-state index in [2.05, 4.69) is 0 Å². The maximum absolute atomic E-state index is 10.1. The number of fused-ring (bicyclic) bond motifs is 3. The summed E-state index contributed by atoms with van der Waals surface area (Å²) in [5.74, 6) is -1.58. The highest BCUT2D eigenvalue weighted by atomic mass is 16.8. The van der Waals surface area contributed by atoms with Crippen LogP contribution in [0.25, 0.3) is 0 Å². The van der Waals surface area contributed by atoms with Crippen LogP contribution in [-0.2, 0) is 18.9 Å². The van der Waals surface area contributed by atoms with Gasteiger partial charge < -0.3 is 29.2 Å². The summed E-state index contributed by atoms with van der Waals surface area (Å²) in [4.78, 5) is 0. The second-order valence-corrected chi connectivity index (χ2v) is 6.11. The van der Waals surface area contributed by atoms with E-state index in [0.717, 1.165) is 0 Å². The minimum absolute atomic E-state index is 0.426. The Morgan fingerprint density at radius 1 is 0.611 bits per heavy atom. The lowest BCUT2D eigenvalue weighted by Crippen LogP contribution is -2.61. The van der Waals surface area contributed by atoms with Crippen LogP contribution in [-0.4, -0.2) is 58.4 Å². The van der Waals surface area contributed by atoms with E-state index in [1.54, 1.807) is 27.7 Å². The number of rotatable bonds is 0. The summed E-state index contributed by atoms with van der Waals surface area (Å²) in [6.07, 6.45) is -4.09. The third kappa shape index (κ3) is 1.79. The number of aliphatic hydroxyl groups excluding tert-OH is 2. The minimum atomic E-state index is -1.03. The summed E-state index contributed by atoms with van der Waals surface area (Å²) >= 11 is 0. The highest BCUT2D eigenvalue weighted by Crippen LogP contribution is 2.44. The average Bonchev–Trinajstić information content (AvgIpc) is 2.71. The molecule has 6 nitrogen and oxygen atoms in total. The summed E-state index contributed by atoms with van der Waals surface area (Å²) in [6, 6.07) is 0. The highest BCUT2D eigenvalue weighted by molar-refractivity contribution is 5.07. The van der Waals surface area contributed by atoms with Crippen molar-refractivity contribution in [3.63, 3.8) is 0 Å². The van der Waals surface area contributed by atoms with E-state index < -0.39 is 48.2 Å². The van der Waals surface area contributed by atoms with Gasteiger partial charge in [0.25, 0.3) is 0 Å². The quantitative estimate of drug-likeness (QED) is 0.626. The van der Waals surface area contributed by atoms with Gasteiger partial charge in [-0.1, -0.05) is 0 Å². The van der Waals surface area contributed by atoms with Crippen LogP contribution in [0.2, 0.25) is 0 Å². The van der Waals surface area contributed by atoms with Crippen molar-refractivity contribution in [3.05, 3.63) is 0 Å². The molecule has 1 aliphatic carbocycles. The normalized spacial score (nSPS) is 53.0. The Balaban J connectivity index is 1.91. The molecule has 3 rings (SSSR count). The Morgan fingerprint density at radius 2 is 0.889 bits per heavy atom. The largest absolute Gasteiger partial charge is 0.387 e. The number of aliphatic hydroxyl groups is 2. The molecule has 6 atom stereocenters. The molecule has 0 spiro atoms. The standard InChI is InChI=1S/C12H20O6/c1-11(2)15-7-5(13)6(14)8-10(9(7)17-11)18-12(3,4)16-8/h5-10,13-14H,1-4H3/t5-,6+,7-,8-,9-,10-/m1/s1. The third-order valence-electron chi connectivity index (χ3n) is 3.67. The molecule has 2 saturated heterocycles. The van der Waals surface area contributed by atoms with E-state index in [9.17, 15) is 10.2 Å². The fourth-order valence-electron chi connectivity index (χ4n) is 3.06. The van der Waals surface area contributed by atoms with Gasteiger partial charge in [0.05, 0.1) is 0 Å².